The van der Waals surface area contributed by atoms with Crippen molar-refractivity contribution >= 4 is 23.2 Å². The van der Waals surface area contributed by atoms with Gasteiger partial charge in [0.25, 0.3) is 0 Å². The molecule has 2 atom stereocenters. The molecule has 1 aromatic heterocycles. The van der Waals surface area contributed by atoms with Crippen LogP contribution in [0.5, 0.6) is 0 Å². The average molecular weight is 281 g/mol. The van der Waals surface area contributed by atoms with Gasteiger partial charge in [0.2, 0.25) is 11.8 Å². The predicted octanol–water partition coefficient (Wildman–Crippen LogP) is 1.55. The first kappa shape index (κ1) is 14.0. The fraction of sp³-hybridized carbons (Fsp3) is 0.615. The SMILES string of the molecule is CCCC1NC(=O)CC(C)N(Cc2nccs2)C1=O. The van der Waals surface area contributed by atoms with Crippen molar-refractivity contribution in [1.82, 2.24) is 15.2 Å². The van der Waals surface area contributed by atoms with E-state index < -0.39 is 0 Å². The molecule has 0 aliphatic carbocycles. The van der Waals surface area contributed by atoms with Crippen molar-refractivity contribution in [2.24, 2.45) is 0 Å². The lowest BCUT2D eigenvalue weighted by atomic mass is 10.1. The van der Waals surface area contributed by atoms with E-state index in [1.807, 2.05) is 19.2 Å². The number of carbonyl (C=O) groups is 2. The van der Waals surface area contributed by atoms with Crippen molar-refractivity contribution in [3.8, 4) is 0 Å². The Kier molecular flexibility index (Phi) is 4.52. The molecule has 5 nitrogen and oxygen atoms in total. The molecule has 2 heterocycles. The number of hydrogen-bond acceptors (Lipinski definition) is 4. The van der Waals surface area contributed by atoms with Gasteiger partial charge in [-0.05, 0) is 13.3 Å². The zero-order valence-corrected chi connectivity index (χ0v) is 12.1. The summed E-state index contributed by atoms with van der Waals surface area (Å²) >= 11 is 1.53. The zero-order chi connectivity index (χ0) is 13.8. The maximum atomic E-state index is 12.5. The summed E-state index contributed by atoms with van der Waals surface area (Å²) in [6.07, 6.45) is 3.65. The standard InChI is InChI=1S/C13H19N3O2S/c1-3-4-10-13(18)16(8-12-14-5-6-19-12)9(2)7-11(17)15-10/h5-6,9-10H,3-4,7-8H2,1-2H3,(H,15,17). The number of thiazole rings is 1. The van der Waals surface area contributed by atoms with Crippen LogP contribution in [0.25, 0.3) is 0 Å². The fourth-order valence-electron chi connectivity index (χ4n) is 2.31. The molecule has 2 unspecified atom stereocenters. The maximum absolute atomic E-state index is 12.5. The number of nitrogens with zero attached hydrogens (tertiary/aromatic N) is 2. The Balaban J connectivity index is 2.17. The summed E-state index contributed by atoms with van der Waals surface area (Å²) in [5.41, 5.74) is 0. The Morgan fingerprint density at radius 3 is 2.95 bits per heavy atom. The Morgan fingerprint density at radius 1 is 1.53 bits per heavy atom. The van der Waals surface area contributed by atoms with Crippen LogP contribution in [0.2, 0.25) is 0 Å². The van der Waals surface area contributed by atoms with Crippen molar-refractivity contribution < 1.29 is 9.59 Å². The van der Waals surface area contributed by atoms with Gasteiger partial charge in [-0.25, -0.2) is 4.98 Å². The minimum Gasteiger partial charge on any atom is -0.344 e. The molecule has 0 saturated carbocycles. The minimum absolute atomic E-state index is 0.00963. The van der Waals surface area contributed by atoms with E-state index in [4.69, 9.17) is 0 Å². The second-order valence-electron chi connectivity index (χ2n) is 4.85. The lowest BCUT2D eigenvalue weighted by Gasteiger charge is -2.27. The van der Waals surface area contributed by atoms with E-state index in [2.05, 4.69) is 10.3 Å². The highest BCUT2D eigenvalue weighted by molar-refractivity contribution is 7.09. The highest BCUT2D eigenvalue weighted by Gasteiger charge is 2.33. The summed E-state index contributed by atoms with van der Waals surface area (Å²) in [7, 11) is 0. The molecule has 6 heteroatoms. The van der Waals surface area contributed by atoms with Gasteiger partial charge in [0.05, 0.1) is 6.54 Å². The molecule has 1 aromatic rings. The quantitative estimate of drug-likeness (QED) is 0.911. The Bertz CT molecular complexity index is 447. The number of rotatable bonds is 4. The van der Waals surface area contributed by atoms with Crippen molar-refractivity contribution in [2.75, 3.05) is 0 Å². The van der Waals surface area contributed by atoms with Crippen LogP contribution in [0.4, 0.5) is 0 Å². The smallest absolute Gasteiger partial charge is 0.245 e. The van der Waals surface area contributed by atoms with E-state index in [0.29, 0.717) is 19.4 Å². The first-order valence-corrected chi connectivity index (χ1v) is 7.48. The van der Waals surface area contributed by atoms with Crippen LogP contribution in [0.3, 0.4) is 0 Å². The van der Waals surface area contributed by atoms with E-state index in [9.17, 15) is 9.59 Å². The molecule has 0 aromatic carbocycles. The summed E-state index contributed by atoms with van der Waals surface area (Å²) in [6.45, 7) is 4.42. The molecule has 1 fully saturated rings. The molecule has 1 saturated heterocycles. The van der Waals surface area contributed by atoms with Gasteiger partial charge in [-0.3, -0.25) is 9.59 Å². The van der Waals surface area contributed by atoms with Crippen LogP contribution in [0, 0.1) is 0 Å². The molecule has 2 rings (SSSR count). The van der Waals surface area contributed by atoms with Gasteiger partial charge < -0.3 is 10.2 Å². The van der Waals surface area contributed by atoms with E-state index in [1.54, 1.807) is 11.1 Å². The second kappa shape index (κ2) is 6.14. The lowest BCUT2D eigenvalue weighted by Crippen LogP contribution is -2.45. The van der Waals surface area contributed by atoms with Crippen LogP contribution in [-0.4, -0.2) is 33.8 Å². The van der Waals surface area contributed by atoms with Crippen LogP contribution in [0.1, 0.15) is 38.1 Å². The topological polar surface area (TPSA) is 62.3 Å². The maximum Gasteiger partial charge on any atom is 0.245 e. The molecular formula is C13H19N3O2S. The third-order valence-electron chi connectivity index (χ3n) is 3.30. The van der Waals surface area contributed by atoms with Crippen molar-refractivity contribution in [2.45, 2.75) is 51.7 Å². The summed E-state index contributed by atoms with van der Waals surface area (Å²) in [5.74, 6) is -0.0312. The first-order chi connectivity index (χ1) is 9.11. The number of aromatic nitrogens is 1. The van der Waals surface area contributed by atoms with E-state index in [-0.39, 0.29) is 23.9 Å². The molecular weight excluding hydrogens is 262 g/mol. The van der Waals surface area contributed by atoms with E-state index in [0.717, 1.165) is 11.4 Å². The largest absolute Gasteiger partial charge is 0.344 e. The molecule has 1 N–H and O–H groups in total. The molecule has 19 heavy (non-hydrogen) atoms. The fourth-order valence-corrected chi connectivity index (χ4v) is 2.92. The Morgan fingerprint density at radius 2 is 2.32 bits per heavy atom. The lowest BCUT2D eigenvalue weighted by molar-refractivity contribution is -0.135. The molecule has 0 bridgehead atoms. The van der Waals surface area contributed by atoms with Gasteiger partial charge in [-0.15, -0.1) is 11.3 Å². The number of hydrogen-bond donors (Lipinski definition) is 1. The Labute approximate surface area is 117 Å². The van der Waals surface area contributed by atoms with Gasteiger partial charge in [-0.2, -0.15) is 0 Å². The summed E-state index contributed by atoms with van der Waals surface area (Å²) in [6, 6.07) is -0.472. The first-order valence-electron chi connectivity index (χ1n) is 6.60. The number of carbonyl (C=O) groups excluding carboxylic acids is 2. The number of amides is 2. The van der Waals surface area contributed by atoms with Crippen LogP contribution in [-0.2, 0) is 16.1 Å². The molecule has 1 aliphatic rings. The predicted molar refractivity (Wildman–Crippen MR) is 73.6 cm³/mol. The van der Waals surface area contributed by atoms with E-state index >= 15 is 0 Å². The van der Waals surface area contributed by atoms with Crippen molar-refractivity contribution in [3.63, 3.8) is 0 Å². The number of nitrogens with one attached hydrogen (secondary N) is 1. The van der Waals surface area contributed by atoms with Gasteiger partial charge in [0.15, 0.2) is 0 Å². The molecule has 0 radical (unpaired) electrons. The Hall–Kier alpha value is -1.43. The van der Waals surface area contributed by atoms with Crippen LogP contribution >= 0.6 is 11.3 Å². The molecule has 2 amide bonds. The molecule has 104 valence electrons. The summed E-state index contributed by atoms with van der Waals surface area (Å²) < 4.78 is 0. The zero-order valence-electron chi connectivity index (χ0n) is 11.3. The third-order valence-corrected chi connectivity index (χ3v) is 4.06. The highest BCUT2D eigenvalue weighted by Crippen LogP contribution is 2.18. The van der Waals surface area contributed by atoms with Gasteiger partial charge in [0.1, 0.15) is 11.0 Å². The average Bonchev–Trinajstić information content (AvgIpc) is 2.84. The molecule has 1 aliphatic heterocycles. The summed E-state index contributed by atoms with van der Waals surface area (Å²) in [5, 5.41) is 5.63. The van der Waals surface area contributed by atoms with Gasteiger partial charge >= 0.3 is 0 Å². The van der Waals surface area contributed by atoms with E-state index in [1.165, 1.54) is 11.3 Å². The monoisotopic (exact) mass is 281 g/mol. The van der Waals surface area contributed by atoms with Crippen LogP contribution in [0.15, 0.2) is 11.6 Å². The van der Waals surface area contributed by atoms with Gasteiger partial charge in [-0.1, -0.05) is 13.3 Å². The summed E-state index contributed by atoms with van der Waals surface area (Å²) in [4.78, 5) is 30.3. The van der Waals surface area contributed by atoms with Crippen molar-refractivity contribution in [1.29, 1.82) is 0 Å². The van der Waals surface area contributed by atoms with Crippen molar-refractivity contribution in [3.05, 3.63) is 16.6 Å². The van der Waals surface area contributed by atoms with Crippen LogP contribution < -0.4 is 5.32 Å². The minimum atomic E-state index is -0.387. The van der Waals surface area contributed by atoms with Gasteiger partial charge in [0, 0.05) is 24.0 Å². The normalized spacial score (nSPS) is 24.2. The highest BCUT2D eigenvalue weighted by atomic mass is 32.1. The third kappa shape index (κ3) is 3.32. The second-order valence-corrected chi connectivity index (χ2v) is 5.83. The molecule has 0 spiro atoms.